The lowest BCUT2D eigenvalue weighted by molar-refractivity contribution is 0.492. The minimum atomic E-state index is -3.65. The van der Waals surface area contributed by atoms with E-state index in [1.807, 2.05) is 31.2 Å². The fraction of sp³-hybridized carbons (Fsp3) is 0.250. The van der Waals surface area contributed by atoms with Crippen molar-refractivity contribution in [2.75, 3.05) is 13.1 Å². The summed E-state index contributed by atoms with van der Waals surface area (Å²) in [6, 6.07) is 15.3. The third-order valence-corrected chi connectivity index (χ3v) is 6.25. The van der Waals surface area contributed by atoms with E-state index in [0.717, 1.165) is 29.5 Å². The first kappa shape index (κ1) is 17.1. The molecule has 2 heterocycles. The van der Waals surface area contributed by atoms with Gasteiger partial charge in [0.15, 0.2) is 0 Å². The summed E-state index contributed by atoms with van der Waals surface area (Å²) in [7, 11) is -3.65. The van der Waals surface area contributed by atoms with Crippen LogP contribution in [0.1, 0.15) is 22.7 Å². The number of para-hydroxylation sites is 1. The molecule has 1 aliphatic rings. The summed E-state index contributed by atoms with van der Waals surface area (Å²) in [5.74, 6) is 0. The molecule has 1 atom stereocenters. The van der Waals surface area contributed by atoms with E-state index in [2.05, 4.69) is 27.2 Å². The van der Waals surface area contributed by atoms with Gasteiger partial charge in [-0.15, -0.1) is 0 Å². The van der Waals surface area contributed by atoms with Crippen molar-refractivity contribution < 1.29 is 8.42 Å². The fourth-order valence-corrected chi connectivity index (χ4v) is 4.73. The zero-order valence-corrected chi connectivity index (χ0v) is 15.4. The molecule has 0 amide bonds. The molecular formula is C20H21N3O2S. The Kier molecular flexibility index (Phi) is 4.48. The van der Waals surface area contributed by atoms with Gasteiger partial charge in [0, 0.05) is 24.2 Å². The molecule has 2 aromatic carbocycles. The molecule has 3 aromatic rings. The third-order valence-electron chi connectivity index (χ3n) is 4.79. The number of aryl methyl sites for hydroxylation is 1. The zero-order valence-electron chi connectivity index (χ0n) is 14.6. The van der Waals surface area contributed by atoms with Crippen molar-refractivity contribution in [2.45, 2.75) is 24.3 Å². The molecule has 2 N–H and O–H groups in total. The highest BCUT2D eigenvalue weighted by atomic mass is 32.2. The summed E-state index contributed by atoms with van der Waals surface area (Å²) in [5, 5.41) is 4.23. The summed E-state index contributed by atoms with van der Waals surface area (Å²) in [4.78, 5) is 4.56. The Labute approximate surface area is 153 Å². The number of benzene rings is 2. The van der Waals surface area contributed by atoms with Crippen LogP contribution in [0.25, 0.3) is 10.9 Å². The van der Waals surface area contributed by atoms with Gasteiger partial charge in [0.1, 0.15) is 4.90 Å². The largest absolute Gasteiger partial charge is 0.308 e. The van der Waals surface area contributed by atoms with Crippen molar-refractivity contribution in [3.63, 3.8) is 0 Å². The SMILES string of the molecule is Cc1cnc2c(S(=O)(=O)NCC3NCCc4ccccc43)cccc2c1. The average molecular weight is 367 g/mol. The van der Waals surface area contributed by atoms with E-state index in [-0.39, 0.29) is 10.9 Å². The first-order valence-corrected chi connectivity index (χ1v) is 10.2. The van der Waals surface area contributed by atoms with Crippen molar-refractivity contribution in [2.24, 2.45) is 0 Å². The molecule has 0 bridgehead atoms. The molecule has 1 unspecified atom stereocenters. The van der Waals surface area contributed by atoms with Crippen LogP contribution in [0.4, 0.5) is 0 Å². The summed E-state index contributed by atoms with van der Waals surface area (Å²) < 4.78 is 28.6. The maximum absolute atomic E-state index is 12.9. The van der Waals surface area contributed by atoms with Crippen molar-refractivity contribution in [1.29, 1.82) is 0 Å². The van der Waals surface area contributed by atoms with Crippen LogP contribution in [0.3, 0.4) is 0 Å². The summed E-state index contributed by atoms with van der Waals surface area (Å²) in [6.07, 6.45) is 2.66. The molecular weight excluding hydrogens is 346 g/mol. The van der Waals surface area contributed by atoms with E-state index in [4.69, 9.17) is 0 Å². The van der Waals surface area contributed by atoms with Gasteiger partial charge in [0.25, 0.3) is 0 Å². The first-order valence-electron chi connectivity index (χ1n) is 8.71. The van der Waals surface area contributed by atoms with E-state index >= 15 is 0 Å². The van der Waals surface area contributed by atoms with Gasteiger partial charge in [-0.2, -0.15) is 0 Å². The van der Waals surface area contributed by atoms with Gasteiger partial charge in [-0.25, -0.2) is 13.1 Å². The average Bonchev–Trinajstić information content (AvgIpc) is 2.65. The van der Waals surface area contributed by atoms with E-state index in [9.17, 15) is 8.42 Å². The number of hydrogen-bond donors (Lipinski definition) is 2. The lowest BCUT2D eigenvalue weighted by Gasteiger charge is -2.27. The maximum Gasteiger partial charge on any atom is 0.242 e. The molecule has 0 saturated carbocycles. The Bertz CT molecular complexity index is 1060. The smallest absolute Gasteiger partial charge is 0.242 e. The van der Waals surface area contributed by atoms with Gasteiger partial charge in [0.05, 0.1) is 5.52 Å². The van der Waals surface area contributed by atoms with E-state index in [1.165, 1.54) is 5.56 Å². The normalized spacial score (nSPS) is 17.2. The van der Waals surface area contributed by atoms with Crippen LogP contribution in [0.5, 0.6) is 0 Å². The van der Waals surface area contributed by atoms with Gasteiger partial charge in [-0.3, -0.25) is 4.98 Å². The summed E-state index contributed by atoms with van der Waals surface area (Å²) in [6.45, 7) is 3.10. The second-order valence-electron chi connectivity index (χ2n) is 6.65. The number of nitrogens with zero attached hydrogens (tertiary/aromatic N) is 1. The molecule has 5 nitrogen and oxygen atoms in total. The van der Waals surface area contributed by atoms with Gasteiger partial charge in [-0.05, 0) is 48.7 Å². The molecule has 6 heteroatoms. The molecule has 26 heavy (non-hydrogen) atoms. The fourth-order valence-electron chi connectivity index (χ4n) is 3.51. The summed E-state index contributed by atoms with van der Waals surface area (Å²) >= 11 is 0. The Morgan fingerprint density at radius 3 is 2.92 bits per heavy atom. The Morgan fingerprint density at radius 1 is 1.19 bits per heavy atom. The highest BCUT2D eigenvalue weighted by molar-refractivity contribution is 7.89. The minimum Gasteiger partial charge on any atom is -0.308 e. The number of fused-ring (bicyclic) bond motifs is 2. The van der Waals surface area contributed by atoms with Crippen molar-refractivity contribution >= 4 is 20.9 Å². The van der Waals surface area contributed by atoms with Crippen LogP contribution in [0.15, 0.2) is 59.6 Å². The first-order chi connectivity index (χ1) is 12.5. The number of pyridine rings is 1. The molecule has 1 aromatic heterocycles. The molecule has 134 valence electrons. The quantitative estimate of drug-likeness (QED) is 0.744. The molecule has 4 rings (SSSR count). The van der Waals surface area contributed by atoms with E-state index < -0.39 is 10.0 Å². The second kappa shape index (κ2) is 6.79. The predicted octanol–water partition coefficient (Wildman–Crippen LogP) is 2.71. The molecule has 0 spiro atoms. The molecule has 1 aliphatic heterocycles. The summed E-state index contributed by atoms with van der Waals surface area (Å²) in [5.41, 5.74) is 3.94. The molecule has 0 radical (unpaired) electrons. The van der Waals surface area contributed by atoms with Gasteiger partial charge in [-0.1, -0.05) is 36.4 Å². The second-order valence-corrected chi connectivity index (χ2v) is 8.38. The Balaban J connectivity index is 1.61. The van der Waals surface area contributed by atoms with Crippen molar-refractivity contribution in [1.82, 2.24) is 15.0 Å². The minimum absolute atomic E-state index is 0.0279. The van der Waals surface area contributed by atoms with Gasteiger partial charge in [0.2, 0.25) is 10.0 Å². The highest BCUT2D eigenvalue weighted by Crippen LogP contribution is 2.24. The number of hydrogen-bond acceptors (Lipinski definition) is 4. The number of nitrogens with one attached hydrogen (secondary N) is 2. The maximum atomic E-state index is 12.9. The van der Waals surface area contributed by atoms with Crippen LogP contribution in [-0.4, -0.2) is 26.5 Å². The lowest BCUT2D eigenvalue weighted by Crippen LogP contribution is -2.38. The monoisotopic (exact) mass is 367 g/mol. The standard InChI is InChI=1S/C20H21N3O2S/c1-14-11-16-6-4-8-19(20(16)22-12-14)26(24,25)23-13-18-17-7-3-2-5-15(17)9-10-21-18/h2-8,11-12,18,21,23H,9-10,13H2,1H3. The molecule has 0 aliphatic carbocycles. The van der Waals surface area contributed by atoms with Crippen molar-refractivity contribution in [3.05, 3.63) is 71.4 Å². The van der Waals surface area contributed by atoms with Gasteiger partial charge >= 0.3 is 0 Å². The zero-order chi connectivity index (χ0) is 18.1. The van der Waals surface area contributed by atoms with E-state index in [0.29, 0.717) is 12.1 Å². The highest BCUT2D eigenvalue weighted by Gasteiger charge is 2.23. The topological polar surface area (TPSA) is 71.1 Å². The lowest BCUT2D eigenvalue weighted by atomic mass is 9.95. The number of sulfonamides is 1. The molecule has 0 fully saturated rings. The van der Waals surface area contributed by atoms with Gasteiger partial charge < -0.3 is 5.32 Å². The number of rotatable bonds is 4. The predicted molar refractivity (Wildman–Crippen MR) is 103 cm³/mol. The van der Waals surface area contributed by atoms with Crippen molar-refractivity contribution in [3.8, 4) is 0 Å². The van der Waals surface area contributed by atoms with E-state index in [1.54, 1.807) is 18.3 Å². The Morgan fingerprint density at radius 2 is 2.04 bits per heavy atom. The molecule has 0 saturated heterocycles. The Hall–Kier alpha value is -2.28. The van der Waals surface area contributed by atoms with Crippen LogP contribution in [0, 0.1) is 6.92 Å². The van der Waals surface area contributed by atoms with Crippen LogP contribution in [0.2, 0.25) is 0 Å². The van der Waals surface area contributed by atoms with Crippen LogP contribution >= 0.6 is 0 Å². The number of aromatic nitrogens is 1. The third kappa shape index (κ3) is 3.23. The van der Waals surface area contributed by atoms with Crippen LogP contribution < -0.4 is 10.0 Å². The van der Waals surface area contributed by atoms with Crippen LogP contribution in [-0.2, 0) is 16.4 Å².